The molecule has 0 bridgehead atoms. The van der Waals surface area contributed by atoms with Crippen LogP contribution in [0.2, 0.25) is 0 Å². The van der Waals surface area contributed by atoms with Crippen LogP contribution in [0.4, 0.5) is 0 Å². The first-order valence-electron chi connectivity index (χ1n) is 10.2. The highest BCUT2D eigenvalue weighted by atomic mass is 15.4. The van der Waals surface area contributed by atoms with E-state index in [1.54, 1.807) is 0 Å². The lowest BCUT2D eigenvalue weighted by atomic mass is 10.1. The van der Waals surface area contributed by atoms with E-state index in [0.29, 0.717) is 13.1 Å². The van der Waals surface area contributed by atoms with E-state index >= 15 is 0 Å². The second-order valence-corrected chi connectivity index (χ2v) is 7.65. The molecule has 0 fully saturated rings. The third-order valence-electron chi connectivity index (χ3n) is 5.18. The Labute approximate surface area is 180 Å². The Morgan fingerprint density at radius 3 is 1.74 bits per heavy atom. The molecule has 152 valence electrons. The Balaban J connectivity index is 1.34. The first kappa shape index (κ1) is 18.9. The summed E-state index contributed by atoms with van der Waals surface area (Å²) in [6, 6.07) is 26.9. The Morgan fingerprint density at radius 2 is 1.16 bits per heavy atom. The average molecular weight is 406 g/mol. The van der Waals surface area contributed by atoms with Crippen molar-refractivity contribution in [1.82, 2.24) is 30.0 Å². The highest BCUT2D eigenvalue weighted by Crippen LogP contribution is 2.24. The van der Waals surface area contributed by atoms with Crippen molar-refractivity contribution in [2.75, 3.05) is 0 Å². The van der Waals surface area contributed by atoms with E-state index in [4.69, 9.17) is 0 Å². The zero-order chi connectivity index (χ0) is 21.0. The molecule has 0 spiro atoms. The molecule has 2 heterocycles. The molecular formula is C25H22N6. The maximum absolute atomic E-state index is 4.37. The zero-order valence-electron chi connectivity index (χ0n) is 17.3. The van der Waals surface area contributed by atoms with Crippen LogP contribution < -0.4 is 0 Å². The van der Waals surface area contributed by atoms with Crippen molar-refractivity contribution >= 4 is 0 Å². The molecule has 0 aliphatic rings. The van der Waals surface area contributed by atoms with Gasteiger partial charge in [0.1, 0.15) is 11.4 Å². The van der Waals surface area contributed by atoms with Crippen LogP contribution in [0.15, 0.2) is 91.3 Å². The first-order valence-corrected chi connectivity index (χ1v) is 10.2. The number of benzene rings is 3. The summed E-state index contributed by atoms with van der Waals surface area (Å²) in [4.78, 5) is 0. The van der Waals surface area contributed by atoms with Crippen molar-refractivity contribution in [3.63, 3.8) is 0 Å². The number of aryl methyl sites for hydroxylation is 1. The summed E-state index contributed by atoms with van der Waals surface area (Å²) in [6.45, 7) is 3.48. The van der Waals surface area contributed by atoms with Gasteiger partial charge in [0.25, 0.3) is 0 Å². The van der Waals surface area contributed by atoms with Crippen molar-refractivity contribution in [1.29, 1.82) is 0 Å². The minimum absolute atomic E-state index is 0.695. The molecule has 0 aliphatic carbocycles. The van der Waals surface area contributed by atoms with Gasteiger partial charge in [-0.15, -0.1) is 10.2 Å². The highest BCUT2D eigenvalue weighted by molar-refractivity contribution is 5.68. The Bertz CT molecular complexity index is 1290. The van der Waals surface area contributed by atoms with Gasteiger partial charge in [-0.3, -0.25) is 0 Å². The van der Waals surface area contributed by atoms with E-state index in [-0.39, 0.29) is 0 Å². The van der Waals surface area contributed by atoms with Crippen LogP contribution in [-0.4, -0.2) is 30.0 Å². The molecule has 0 saturated carbocycles. The summed E-state index contributed by atoms with van der Waals surface area (Å²) in [6.07, 6.45) is 3.95. The molecule has 0 saturated heterocycles. The minimum Gasteiger partial charge on any atom is -0.247 e. The molecule has 0 aliphatic heterocycles. The Hall–Kier alpha value is -4.06. The van der Waals surface area contributed by atoms with E-state index in [1.807, 2.05) is 58.2 Å². The van der Waals surface area contributed by atoms with Crippen LogP contribution in [0.1, 0.15) is 16.7 Å². The lowest BCUT2D eigenvalue weighted by Crippen LogP contribution is -2.00. The van der Waals surface area contributed by atoms with Crippen molar-refractivity contribution < 1.29 is 0 Å². The molecule has 2 aromatic heterocycles. The minimum atomic E-state index is 0.695. The molecule has 3 aromatic carbocycles. The van der Waals surface area contributed by atoms with Gasteiger partial charge in [-0.25, -0.2) is 9.36 Å². The highest BCUT2D eigenvalue weighted by Gasteiger charge is 2.09. The third kappa shape index (κ3) is 4.43. The van der Waals surface area contributed by atoms with E-state index in [2.05, 4.69) is 70.0 Å². The second-order valence-electron chi connectivity index (χ2n) is 7.65. The molecule has 0 radical (unpaired) electrons. The van der Waals surface area contributed by atoms with Crippen molar-refractivity contribution in [2.45, 2.75) is 20.0 Å². The van der Waals surface area contributed by atoms with Crippen molar-refractivity contribution in [3.05, 3.63) is 108 Å². The monoisotopic (exact) mass is 406 g/mol. The van der Waals surface area contributed by atoms with Gasteiger partial charge in [0.15, 0.2) is 0 Å². The summed E-state index contributed by atoms with van der Waals surface area (Å²) in [5, 5.41) is 17.3. The van der Waals surface area contributed by atoms with Gasteiger partial charge in [-0.05, 0) is 24.1 Å². The lowest BCUT2D eigenvalue weighted by molar-refractivity contribution is 0.649. The number of hydrogen-bond acceptors (Lipinski definition) is 4. The summed E-state index contributed by atoms with van der Waals surface area (Å²) >= 11 is 0. The van der Waals surface area contributed by atoms with Gasteiger partial charge in [0, 0.05) is 11.1 Å². The van der Waals surface area contributed by atoms with Crippen LogP contribution in [0.25, 0.3) is 22.5 Å². The molecule has 5 aromatic rings. The fourth-order valence-electron chi connectivity index (χ4n) is 3.50. The maximum Gasteiger partial charge on any atom is 0.113 e. The van der Waals surface area contributed by atoms with Crippen LogP contribution >= 0.6 is 0 Å². The fraction of sp³-hybridized carbons (Fsp3) is 0.120. The zero-order valence-corrected chi connectivity index (χ0v) is 17.3. The second kappa shape index (κ2) is 8.36. The van der Waals surface area contributed by atoms with Crippen LogP contribution in [0, 0.1) is 6.92 Å². The van der Waals surface area contributed by atoms with Crippen LogP contribution in [0.3, 0.4) is 0 Å². The van der Waals surface area contributed by atoms with E-state index in [0.717, 1.165) is 22.5 Å². The van der Waals surface area contributed by atoms with Crippen molar-refractivity contribution in [2.24, 2.45) is 0 Å². The maximum atomic E-state index is 4.37. The van der Waals surface area contributed by atoms with Crippen molar-refractivity contribution in [3.8, 4) is 22.5 Å². The molecule has 5 rings (SSSR count). The first-order chi connectivity index (χ1) is 15.2. The van der Waals surface area contributed by atoms with Gasteiger partial charge in [0.05, 0.1) is 25.5 Å². The number of rotatable bonds is 6. The van der Waals surface area contributed by atoms with Gasteiger partial charge >= 0.3 is 0 Å². The predicted molar refractivity (Wildman–Crippen MR) is 120 cm³/mol. The standard InChI is InChI=1S/C25H22N6/c1-19-10-12-21(13-11-19)16-31-18-25(27-29-31)23-9-5-8-22(14-23)24-17-30(28-26-24)15-20-6-3-2-4-7-20/h2-14,17-18H,15-16H2,1H3. The number of nitrogens with zero attached hydrogens (tertiary/aromatic N) is 6. The number of hydrogen-bond donors (Lipinski definition) is 0. The summed E-state index contributed by atoms with van der Waals surface area (Å²) < 4.78 is 3.72. The average Bonchev–Trinajstić information content (AvgIpc) is 3.46. The molecule has 31 heavy (non-hydrogen) atoms. The van der Waals surface area contributed by atoms with E-state index in [9.17, 15) is 0 Å². The van der Waals surface area contributed by atoms with Gasteiger partial charge in [-0.2, -0.15) is 0 Å². The van der Waals surface area contributed by atoms with Gasteiger partial charge < -0.3 is 0 Å². The number of aromatic nitrogens is 6. The molecule has 0 atom stereocenters. The molecule has 0 N–H and O–H groups in total. The normalized spacial score (nSPS) is 11.0. The summed E-state index contributed by atoms with van der Waals surface area (Å²) in [5.74, 6) is 0. The predicted octanol–water partition coefficient (Wildman–Crippen LogP) is 4.61. The third-order valence-corrected chi connectivity index (χ3v) is 5.18. The Morgan fingerprint density at radius 1 is 0.613 bits per heavy atom. The fourth-order valence-corrected chi connectivity index (χ4v) is 3.50. The van der Waals surface area contributed by atoms with E-state index < -0.39 is 0 Å². The lowest BCUT2D eigenvalue weighted by Gasteiger charge is -2.02. The van der Waals surface area contributed by atoms with Gasteiger partial charge in [-0.1, -0.05) is 88.8 Å². The quantitative estimate of drug-likeness (QED) is 0.413. The molecule has 6 nitrogen and oxygen atoms in total. The molecule has 6 heteroatoms. The van der Waals surface area contributed by atoms with Crippen LogP contribution in [0.5, 0.6) is 0 Å². The molecule has 0 amide bonds. The van der Waals surface area contributed by atoms with Crippen LogP contribution in [-0.2, 0) is 13.1 Å². The SMILES string of the molecule is Cc1ccc(Cn2cc(-c3cccc(-c4cn(Cc5ccccc5)nn4)c3)nn2)cc1. The largest absolute Gasteiger partial charge is 0.247 e. The van der Waals surface area contributed by atoms with E-state index in [1.165, 1.54) is 16.7 Å². The smallest absolute Gasteiger partial charge is 0.113 e. The van der Waals surface area contributed by atoms with Gasteiger partial charge in [0.2, 0.25) is 0 Å². The molecule has 0 unspecified atom stereocenters. The molecular weight excluding hydrogens is 384 g/mol. The summed E-state index contributed by atoms with van der Waals surface area (Å²) in [5.41, 5.74) is 7.33. The summed E-state index contributed by atoms with van der Waals surface area (Å²) in [7, 11) is 0. The topological polar surface area (TPSA) is 61.4 Å². The Kier molecular flexibility index (Phi) is 5.10.